The number of hydrogen-bond donors (Lipinski definition) is 1. The van der Waals surface area contributed by atoms with Gasteiger partial charge in [-0.15, -0.1) is 0 Å². The number of aliphatic hydroxyl groups excluding tert-OH is 1. The van der Waals surface area contributed by atoms with Crippen LogP contribution in [0.4, 0.5) is 27.6 Å². The first-order valence-electron chi connectivity index (χ1n) is 5.20. The fourth-order valence-corrected chi connectivity index (χ4v) is 1.58. The Labute approximate surface area is 106 Å². The van der Waals surface area contributed by atoms with E-state index in [2.05, 4.69) is 4.74 Å². The molecule has 0 bridgehead atoms. The summed E-state index contributed by atoms with van der Waals surface area (Å²) >= 11 is 0. The first-order valence-corrected chi connectivity index (χ1v) is 5.20. The van der Waals surface area contributed by atoms with Crippen molar-refractivity contribution in [2.24, 2.45) is 0 Å². The van der Waals surface area contributed by atoms with Crippen molar-refractivity contribution in [3.8, 4) is 0 Å². The van der Waals surface area contributed by atoms with E-state index in [0.717, 1.165) is 11.9 Å². The number of aliphatic hydroxyl groups is 1. The summed E-state index contributed by atoms with van der Waals surface area (Å²) in [5, 5.41) is 9.38. The third-order valence-electron chi connectivity index (χ3n) is 2.41. The van der Waals surface area contributed by atoms with Crippen LogP contribution in [0.25, 0.3) is 0 Å². The third kappa shape index (κ3) is 3.13. The zero-order chi connectivity index (χ0) is 14.7. The predicted octanol–water partition coefficient (Wildman–Crippen LogP) is 1.83. The molecule has 0 heterocycles. The van der Waals surface area contributed by atoms with Crippen molar-refractivity contribution >= 4 is 5.69 Å². The molecule has 1 unspecified atom stereocenters. The second-order valence-corrected chi connectivity index (χ2v) is 3.91. The lowest BCUT2D eigenvalue weighted by atomic mass is 10.2. The van der Waals surface area contributed by atoms with E-state index in [9.17, 15) is 27.1 Å². The number of likely N-dealkylation sites (N-methyl/N-ethyl adjacent to an activating group) is 1. The highest BCUT2D eigenvalue weighted by Crippen LogP contribution is 2.29. The average Bonchev–Trinajstić information content (AvgIpc) is 2.34. The number of ether oxygens (including phenoxy) is 1. The second-order valence-electron chi connectivity index (χ2n) is 3.91. The van der Waals surface area contributed by atoms with E-state index in [1.807, 2.05) is 0 Å². The van der Waals surface area contributed by atoms with Crippen molar-refractivity contribution in [1.29, 1.82) is 0 Å². The molecule has 1 atom stereocenters. The van der Waals surface area contributed by atoms with Gasteiger partial charge in [0, 0.05) is 20.7 Å². The van der Waals surface area contributed by atoms with Crippen LogP contribution in [0.2, 0.25) is 0 Å². The summed E-state index contributed by atoms with van der Waals surface area (Å²) in [6.07, 6.45) is -1.13. The van der Waals surface area contributed by atoms with E-state index in [1.54, 1.807) is 0 Å². The van der Waals surface area contributed by atoms with Crippen LogP contribution in [0, 0.1) is 29.1 Å². The van der Waals surface area contributed by atoms with Crippen molar-refractivity contribution in [3.63, 3.8) is 0 Å². The summed E-state index contributed by atoms with van der Waals surface area (Å²) in [5.41, 5.74) is -1.09. The van der Waals surface area contributed by atoms with Crippen LogP contribution in [0.3, 0.4) is 0 Å². The zero-order valence-electron chi connectivity index (χ0n) is 10.2. The molecule has 0 saturated heterocycles. The molecule has 3 nitrogen and oxygen atoms in total. The maximum absolute atomic E-state index is 13.4. The summed E-state index contributed by atoms with van der Waals surface area (Å²) < 4.78 is 70.2. The van der Waals surface area contributed by atoms with Crippen LogP contribution < -0.4 is 4.90 Å². The smallest absolute Gasteiger partial charge is 0.200 e. The number of methoxy groups -OCH3 is 1. The minimum absolute atomic E-state index is 0.139. The highest BCUT2D eigenvalue weighted by atomic mass is 19.2. The van der Waals surface area contributed by atoms with Gasteiger partial charge in [0.2, 0.25) is 5.82 Å². The SMILES string of the molecule is COCC(O)CN(C)c1c(F)c(F)c(F)c(F)c1F. The molecule has 0 radical (unpaired) electrons. The molecule has 0 saturated carbocycles. The number of rotatable bonds is 5. The number of halogens is 5. The maximum Gasteiger partial charge on any atom is 0.200 e. The first-order chi connectivity index (χ1) is 8.81. The second kappa shape index (κ2) is 6.16. The Morgan fingerprint density at radius 3 is 1.84 bits per heavy atom. The van der Waals surface area contributed by atoms with Crippen LogP contribution in [0.15, 0.2) is 0 Å². The molecule has 8 heteroatoms. The third-order valence-corrected chi connectivity index (χ3v) is 2.41. The lowest BCUT2D eigenvalue weighted by Gasteiger charge is -2.23. The lowest BCUT2D eigenvalue weighted by molar-refractivity contribution is 0.0693. The van der Waals surface area contributed by atoms with Crippen molar-refractivity contribution in [3.05, 3.63) is 29.1 Å². The molecular weight excluding hydrogens is 273 g/mol. The lowest BCUT2D eigenvalue weighted by Crippen LogP contribution is -2.33. The largest absolute Gasteiger partial charge is 0.389 e. The van der Waals surface area contributed by atoms with Gasteiger partial charge < -0.3 is 14.7 Å². The van der Waals surface area contributed by atoms with E-state index in [1.165, 1.54) is 7.11 Å². The highest BCUT2D eigenvalue weighted by molar-refractivity contribution is 5.50. The number of hydrogen-bond acceptors (Lipinski definition) is 3. The fraction of sp³-hybridized carbons (Fsp3) is 0.455. The minimum atomic E-state index is -2.22. The summed E-state index contributed by atoms with van der Waals surface area (Å²) in [7, 11) is 2.39. The molecule has 1 N–H and O–H groups in total. The summed E-state index contributed by atoms with van der Waals surface area (Å²) in [5.74, 6) is -10.2. The Balaban J connectivity index is 3.13. The normalized spacial score (nSPS) is 12.6. The minimum Gasteiger partial charge on any atom is -0.389 e. The van der Waals surface area contributed by atoms with E-state index in [-0.39, 0.29) is 13.2 Å². The molecule has 0 aromatic heterocycles. The molecule has 1 aromatic rings. The summed E-state index contributed by atoms with van der Waals surface area (Å²) in [6.45, 7) is -0.494. The zero-order valence-corrected chi connectivity index (χ0v) is 10.2. The van der Waals surface area contributed by atoms with Crippen LogP contribution in [-0.4, -0.2) is 38.5 Å². The van der Waals surface area contributed by atoms with Gasteiger partial charge in [-0.25, -0.2) is 22.0 Å². The van der Waals surface area contributed by atoms with Crippen molar-refractivity contribution in [2.75, 3.05) is 32.2 Å². The maximum atomic E-state index is 13.4. The highest BCUT2D eigenvalue weighted by Gasteiger charge is 2.28. The first kappa shape index (κ1) is 15.6. The van der Waals surface area contributed by atoms with Gasteiger partial charge in [0.1, 0.15) is 5.69 Å². The quantitative estimate of drug-likeness (QED) is 0.509. The van der Waals surface area contributed by atoms with Gasteiger partial charge >= 0.3 is 0 Å². The molecule has 1 aromatic carbocycles. The van der Waals surface area contributed by atoms with E-state index >= 15 is 0 Å². The molecule has 19 heavy (non-hydrogen) atoms. The van der Waals surface area contributed by atoms with Gasteiger partial charge in [-0.05, 0) is 0 Å². The number of nitrogens with zero attached hydrogens (tertiary/aromatic N) is 1. The molecule has 1 rings (SSSR count). The monoisotopic (exact) mass is 285 g/mol. The molecule has 0 aliphatic heterocycles. The Bertz CT molecular complexity index is 440. The molecule has 0 spiro atoms. The van der Waals surface area contributed by atoms with Gasteiger partial charge in [-0.3, -0.25) is 0 Å². The van der Waals surface area contributed by atoms with Crippen molar-refractivity contribution < 1.29 is 31.8 Å². The topological polar surface area (TPSA) is 32.7 Å². The molecule has 0 aliphatic carbocycles. The van der Waals surface area contributed by atoms with Crippen LogP contribution >= 0.6 is 0 Å². The standard InChI is InChI=1S/C11H12F5NO2/c1-17(3-5(18)4-19-2)11-9(15)7(13)6(12)8(14)10(11)16/h5,18H,3-4H2,1-2H3. The molecular formula is C11H12F5NO2. The van der Waals surface area contributed by atoms with Gasteiger partial charge in [0.25, 0.3) is 0 Å². The molecule has 0 aliphatic rings. The van der Waals surface area contributed by atoms with Gasteiger partial charge in [-0.2, -0.15) is 0 Å². The summed E-state index contributed by atoms with van der Waals surface area (Å²) in [6, 6.07) is 0. The molecule has 108 valence electrons. The van der Waals surface area contributed by atoms with Gasteiger partial charge in [0.05, 0.1) is 12.7 Å². The predicted molar refractivity (Wildman–Crippen MR) is 57.4 cm³/mol. The van der Waals surface area contributed by atoms with E-state index < -0.39 is 40.9 Å². The van der Waals surface area contributed by atoms with Crippen LogP contribution in [0.1, 0.15) is 0 Å². The average molecular weight is 285 g/mol. The number of anilines is 1. The summed E-state index contributed by atoms with van der Waals surface area (Å²) in [4.78, 5) is 0.736. The Morgan fingerprint density at radius 2 is 1.42 bits per heavy atom. The van der Waals surface area contributed by atoms with Crippen molar-refractivity contribution in [1.82, 2.24) is 0 Å². The van der Waals surface area contributed by atoms with E-state index in [0.29, 0.717) is 0 Å². The number of benzene rings is 1. The Kier molecular flexibility index (Phi) is 5.07. The van der Waals surface area contributed by atoms with Gasteiger partial charge in [0.15, 0.2) is 23.3 Å². The van der Waals surface area contributed by atoms with Crippen LogP contribution in [-0.2, 0) is 4.74 Å². The van der Waals surface area contributed by atoms with Gasteiger partial charge in [-0.1, -0.05) is 0 Å². The van der Waals surface area contributed by atoms with Crippen molar-refractivity contribution in [2.45, 2.75) is 6.10 Å². The Hall–Kier alpha value is -1.41. The molecule has 0 fully saturated rings. The fourth-order valence-electron chi connectivity index (χ4n) is 1.58. The van der Waals surface area contributed by atoms with Crippen LogP contribution in [0.5, 0.6) is 0 Å². The molecule has 0 amide bonds. The Morgan fingerprint density at radius 1 is 1.00 bits per heavy atom. The van der Waals surface area contributed by atoms with E-state index in [4.69, 9.17) is 0 Å².